The average Bonchev–Trinajstić information content (AvgIpc) is 2.65. The number of hydrogen-bond donors (Lipinski definition) is 0. The molecule has 104 valence electrons. The minimum absolute atomic E-state index is 0.128. The van der Waals surface area contributed by atoms with E-state index < -0.39 is 12.6 Å². The van der Waals surface area contributed by atoms with Crippen molar-refractivity contribution in [2.75, 3.05) is 13.7 Å². The van der Waals surface area contributed by atoms with Crippen LogP contribution in [0.2, 0.25) is 0 Å². The van der Waals surface area contributed by atoms with Gasteiger partial charge in [-0.05, 0) is 23.8 Å². The SMILES string of the molecule is CN1C(=O)/C(=C/c2ccc(OCC(=O)[O-])cc2)SC1=S. The third-order valence-electron chi connectivity index (χ3n) is 2.52. The fourth-order valence-electron chi connectivity index (χ4n) is 1.50. The lowest BCUT2D eigenvalue weighted by Gasteiger charge is -2.06. The molecule has 1 saturated heterocycles. The molecule has 2 rings (SSSR count). The van der Waals surface area contributed by atoms with Gasteiger partial charge in [0.2, 0.25) is 0 Å². The van der Waals surface area contributed by atoms with E-state index in [9.17, 15) is 14.7 Å². The second-order valence-corrected chi connectivity index (χ2v) is 5.65. The summed E-state index contributed by atoms with van der Waals surface area (Å²) in [5, 5.41) is 10.3. The molecular formula is C13H10NO4S2-. The number of ether oxygens (including phenoxy) is 1. The maximum Gasteiger partial charge on any atom is 0.265 e. The van der Waals surface area contributed by atoms with Gasteiger partial charge in [0.05, 0.1) is 10.9 Å². The Morgan fingerprint density at radius 3 is 2.60 bits per heavy atom. The molecule has 0 bridgehead atoms. The van der Waals surface area contributed by atoms with Gasteiger partial charge >= 0.3 is 0 Å². The van der Waals surface area contributed by atoms with Crippen LogP contribution in [0.1, 0.15) is 5.56 Å². The zero-order valence-electron chi connectivity index (χ0n) is 10.5. The summed E-state index contributed by atoms with van der Waals surface area (Å²) in [6.45, 7) is -0.492. The first-order chi connectivity index (χ1) is 9.47. The van der Waals surface area contributed by atoms with Gasteiger partial charge in [-0.3, -0.25) is 9.69 Å². The lowest BCUT2D eigenvalue weighted by Crippen LogP contribution is -2.28. The number of likely N-dealkylation sites (N-methyl/N-ethyl adjacent to an activating group) is 1. The third-order valence-corrected chi connectivity index (χ3v) is 4.01. The number of carboxylic acid groups (broad SMARTS) is 1. The molecule has 1 heterocycles. The molecule has 0 unspecified atom stereocenters. The van der Waals surface area contributed by atoms with Gasteiger partial charge in [0.25, 0.3) is 5.91 Å². The van der Waals surface area contributed by atoms with E-state index >= 15 is 0 Å². The first kappa shape index (κ1) is 14.5. The summed E-state index contributed by atoms with van der Waals surface area (Å²) in [4.78, 5) is 24.1. The molecule has 7 heteroatoms. The highest BCUT2D eigenvalue weighted by molar-refractivity contribution is 8.26. The predicted octanol–water partition coefficient (Wildman–Crippen LogP) is 0.646. The molecule has 0 spiro atoms. The minimum Gasteiger partial charge on any atom is -0.546 e. The van der Waals surface area contributed by atoms with Crippen LogP contribution in [-0.2, 0) is 9.59 Å². The number of rotatable bonds is 4. The number of nitrogens with zero attached hydrogens (tertiary/aromatic N) is 1. The van der Waals surface area contributed by atoms with Gasteiger partial charge in [0.15, 0.2) is 0 Å². The molecule has 0 N–H and O–H groups in total. The zero-order chi connectivity index (χ0) is 14.7. The summed E-state index contributed by atoms with van der Waals surface area (Å²) in [5.74, 6) is -0.979. The van der Waals surface area contributed by atoms with E-state index in [2.05, 4.69) is 0 Å². The van der Waals surface area contributed by atoms with Crippen LogP contribution in [-0.4, -0.2) is 34.8 Å². The standard InChI is InChI=1S/C13H11NO4S2/c1-14-12(17)10(20-13(14)19)6-8-2-4-9(5-3-8)18-7-11(15)16/h2-6H,7H2,1H3,(H,15,16)/p-1/b10-6-. The van der Waals surface area contributed by atoms with Crippen LogP contribution in [0.25, 0.3) is 6.08 Å². The fourth-order valence-corrected chi connectivity index (χ4v) is 2.68. The third kappa shape index (κ3) is 3.37. The van der Waals surface area contributed by atoms with Crippen molar-refractivity contribution in [3.8, 4) is 5.75 Å². The van der Waals surface area contributed by atoms with Crippen LogP contribution in [0.5, 0.6) is 5.75 Å². The molecule has 1 aliphatic rings. The van der Waals surface area contributed by atoms with Crippen LogP contribution in [0.4, 0.5) is 0 Å². The Labute approximate surface area is 125 Å². The highest BCUT2D eigenvalue weighted by Gasteiger charge is 2.28. The Balaban J connectivity index is 2.09. The Kier molecular flexibility index (Phi) is 4.41. The number of carboxylic acids is 1. The van der Waals surface area contributed by atoms with E-state index in [0.29, 0.717) is 15.0 Å². The number of thioether (sulfide) groups is 1. The summed E-state index contributed by atoms with van der Waals surface area (Å²) in [6.07, 6.45) is 1.73. The summed E-state index contributed by atoms with van der Waals surface area (Å²) in [6, 6.07) is 6.71. The quantitative estimate of drug-likeness (QED) is 0.601. The van der Waals surface area contributed by atoms with Crippen LogP contribution in [0.15, 0.2) is 29.2 Å². The fraction of sp³-hybridized carbons (Fsp3) is 0.154. The molecule has 1 aromatic carbocycles. The van der Waals surface area contributed by atoms with Gasteiger partial charge in [-0.1, -0.05) is 36.1 Å². The molecule has 0 aromatic heterocycles. The summed E-state index contributed by atoms with van der Waals surface area (Å²) >= 11 is 6.28. The van der Waals surface area contributed by atoms with Crippen molar-refractivity contribution in [1.29, 1.82) is 0 Å². The Bertz CT molecular complexity index is 595. The minimum atomic E-state index is -1.28. The highest BCUT2D eigenvalue weighted by atomic mass is 32.2. The van der Waals surface area contributed by atoms with Gasteiger partial charge < -0.3 is 14.6 Å². The monoisotopic (exact) mass is 308 g/mol. The number of carbonyl (C=O) groups excluding carboxylic acids is 2. The molecule has 1 aliphatic heterocycles. The first-order valence-corrected chi connectivity index (χ1v) is 6.84. The predicted molar refractivity (Wildman–Crippen MR) is 77.9 cm³/mol. The molecule has 1 fully saturated rings. The van der Waals surface area contributed by atoms with Gasteiger partial charge in [0, 0.05) is 7.05 Å². The van der Waals surface area contributed by atoms with E-state index in [-0.39, 0.29) is 5.91 Å². The van der Waals surface area contributed by atoms with Gasteiger partial charge in [-0.2, -0.15) is 0 Å². The second kappa shape index (κ2) is 6.06. The Morgan fingerprint density at radius 2 is 2.10 bits per heavy atom. The van der Waals surface area contributed by atoms with Crippen molar-refractivity contribution in [2.24, 2.45) is 0 Å². The van der Waals surface area contributed by atoms with Crippen molar-refractivity contribution in [3.05, 3.63) is 34.7 Å². The van der Waals surface area contributed by atoms with Crippen molar-refractivity contribution < 1.29 is 19.4 Å². The van der Waals surface area contributed by atoms with Crippen LogP contribution in [0.3, 0.4) is 0 Å². The van der Waals surface area contributed by atoms with E-state index in [1.54, 1.807) is 37.4 Å². The molecule has 20 heavy (non-hydrogen) atoms. The molecule has 0 saturated carbocycles. The molecule has 0 radical (unpaired) electrons. The highest BCUT2D eigenvalue weighted by Crippen LogP contribution is 2.31. The van der Waals surface area contributed by atoms with E-state index in [4.69, 9.17) is 17.0 Å². The normalized spacial score (nSPS) is 16.9. The molecule has 0 aliphatic carbocycles. The van der Waals surface area contributed by atoms with Crippen molar-refractivity contribution in [1.82, 2.24) is 4.90 Å². The molecule has 5 nitrogen and oxygen atoms in total. The van der Waals surface area contributed by atoms with Crippen molar-refractivity contribution >= 4 is 46.3 Å². The largest absolute Gasteiger partial charge is 0.546 e. The zero-order valence-corrected chi connectivity index (χ0v) is 12.1. The Morgan fingerprint density at radius 1 is 1.45 bits per heavy atom. The van der Waals surface area contributed by atoms with E-state index in [0.717, 1.165) is 5.56 Å². The molecule has 1 amide bonds. The summed E-state index contributed by atoms with van der Waals surface area (Å²) < 4.78 is 5.49. The number of carbonyl (C=O) groups is 2. The molecule has 1 aromatic rings. The lowest BCUT2D eigenvalue weighted by molar-refractivity contribution is -0.307. The van der Waals surface area contributed by atoms with Gasteiger partial charge in [-0.15, -0.1) is 0 Å². The maximum absolute atomic E-state index is 11.8. The summed E-state index contributed by atoms with van der Waals surface area (Å²) in [5.41, 5.74) is 0.805. The topological polar surface area (TPSA) is 69.7 Å². The van der Waals surface area contributed by atoms with Gasteiger partial charge in [0.1, 0.15) is 16.7 Å². The van der Waals surface area contributed by atoms with Crippen molar-refractivity contribution in [2.45, 2.75) is 0 Å². The van der Waals surface area contributed by atoms with Crippen LogP contribution < -0.4 is 9.84 Å². The average molecular weight is 308 g/mol. The smallest absolute Gasteiger partial charge is 0.265 e. The molecule has 0 atom stereocenters. The number of amides is 1. The van der Waals surface area contributed by atoms with Crippen LogP contribution in [0, 0.1) is 0 Å². The first-order valence-electron chi connectivity index (χ1n) is 5.61. The Hall–Kier alpha value is -1.86. The number of thiocarbonyl (C=S) groups is 1. The number of aliphatic carboxylic acids is 1. The van der Waals surface area contributed by atoms with Crippen molar-refractivity contribution in [3.63, 3.8) is 0 Å². The number of benzene rings is 1. The second-order valence-electron chi connectivity index (χ2n) is 3.97. The number of hydrogen-bond acceptors (Lipinski definition) is 6. The molecular weight excluding hydrogens is 298 g/mol. The summed E-state index contributed by atoms with van der Waals surface area (Å²) in [7, 11) is 1.63. The van der Waals surface area contributed by atoms with Crippen LogP contribution >= 0.6 is 24.0 Å². The lowest BCUT2D eigenvalue weighted by atomic mass is 10.2. The van der Waals surface area contributed by atoms with Gasteiger partial charge in [-0.25, -0.2) is 0 Å². The van der Waals surface area contributed by atoms with E-state index in [1.165, 1.54) is 16.7 Å². The maximum atomic E-state index is 11.8. The van der Waals surface area contributed by atoms with E-state index in [1.807, 2.05) is 0 Å².